The summed E-state index contributed by atoms with van der Waals surface area (Å²) >= 11 is 5.82. The van der Waals surface area contributed by atoms with E-state index in [-0.39, 0.29) is 6.03 Å². The summed E-state index contributed by atoms with van der Waals surface area (Å²) in [6.07, 6.45) is 3.46. The van der Waals surface area contributed by atoms with E-state index in [2.05, 4.69) is 5.32 Å². The molecule has 2 rings (SSSR count). The maximum Gasteiger partial charge on any atom is 0.325 e. The lowest BCUT2D eigenvalue weighted by atomic mass is 10.2. The summed E-state index contributed by atoms with van der Waals surface area (Å²) in [6.45, 7) is 2.54. The van der Waals surface area contributed by atoms with Crippen molar-refractivity contribution in [2.45, 2.75) is 6.92 Å². The van der Waals surface area contributed by atoms with Crippen LogP contribution in [0.3, 0.4) is 0 Å². The van der Waals surface area contributed by atoms with Crippen molar-refractivity contribution >= 4 is 29.4 Å². The zero-order valence-electron chi connectivity index (χ0n) is 11.8. The second kappa shape index (κ2) is 7.50. The molecule has 0 saturated carbocycles. The highest BCUT2D eigenvalue weighted by Gasteiger charge is 2.11. The summed E-state index contributed by atoms with van der Waals surface area (Å²) in [6, 6.07) is 16.8. The van der Waals surface area contributed by atoms with E-state index in [9.17, 15) is 4.79 Å². The molecule has 2 aromatic rings. The van der Waals surface area contributed by atoms with Crippen molar-refractivity contribution in [2.24, 2.45) is 0 Å². The Hall–Kier alpha value is -2.26. The maximum absolute atomic E-state index is 12.2. The fourth-order valence-electron chi connectivity index (χ4n) is 1.91. The predicted octanol–water partition coefficient (Wildman–Crippen LogP) is 4.55. The number of halogens is 1. The van der Waals surface area contributed by atoms with E-state index in [1.165, 1.54) is 0 Å². The molecular formula is C17H17ClN2O. The van der Waals surface area contributed by atoms with Crippen molar-refractivity contribution in [3.63, 3.8) is 0 Å². The Bertz CT molecular complexity index is 608. The van der Waals surface area contributed by atoms with E-state index < -0.39 is 0 Å². The first-order valence-corrected chi connectivity index (χ1v) is 7.13. The maximum atomic E-state index is 12.2. The first-order chi connectivity index (χ1) is 10.2. The van der Waals surface area contributed by atoms with E-state index in [1.807, 2.05) is 67.6 Å². The van der Waals surface area contributed by atoms with Crippen LogP contribution in [0.5, 0.6) is 0 Å². The lowest BCUT2D eigenvalue weighted by Crippen LogP contribution is -2.37. The van der Waals surface area contributed by atoms with Gasteiger partial charge in [-0.25, -0.2) is 4.79 Å². The van der Waals surface area contributed by atoms with Gasteiger partial charge in [0.15, 0.2) is 0 Å². The lowest BCUT2D eigenvalue weighted by molar-refractivity contribution is 0.249. The summed E-state index contributed by atoms with van der Waals surface area (Å²) in [5.74, 6) is 0. The SMILES string of the molecule is CCN(C(=O)N/C=C/c1ccc(Cl)cc1)c1ccccc1. The van der Waals surface area contributed by atoms with Gasteiger partial charge in [0, 0.05) is 23.5 Å². The summed E-state index contributed by atoms with van der Waals surface area (Å²) in [4.78, 5) is 13.8. The van der Waals surface area contributed by atoms with Crippen molar-refractivity contribution in [1.82, 2.24) is 5.32 Å². The van der Waals surface area contributed by atoms with Crippen LogP contribution < -0.4 is 10.2 Å². The average molecular weight is 301 g/mol. The molecule has 0 aromatic heterocycles. The van der Waals surface area contributed by atoms with Gasteiger partial charge in [-0.15, -0.1) is 0 Å². The van der Waals surface area contributed by atoms with Gasteiger partial charge in [-0.05, 0) is 42.8 Å². The number of benzene rings is 2. The Balaban J connectivity index is 1.98. The van der Waals surface area contributed by atoms with Gasteiger partial charge in [-0.3, -0.25) is 4.90 Å². The standard InChI is InChI=1S/C17H17ClN2O/c1-2-20(16-6-4-3-5-7-16)17(21)19-13-12-14-8-10-15(18)11-9-14/h3-13H,2H2,1H3,(H,19,21)/b13-12+. The van der Waals surface area contributed by atoms with Crippen molar-refractivity contribution in [1.29, 1.82) is 0 Å². The number of urea groups is 1. The number of nitrogens with zero attached hydrogens (tertiary/aromatic N) is 1. The van der Waals surface area contributed by atoms with Gasteiger partial charge in [-0.2, -0.15) is 0 Å². The van der Waals surface area contributed by atoms with Crippen molar-refractivity contribution < 1.29 is 4.79 Å². The monoisotopic (exact) mass is 300 g/mol. The number of amides is 2. The number of rotatable bonds is 4. The van der Waals surface area contributed by atoms with Crippen LogP contribution in [0.4, 0.5) is 10.5 Å². The molecule has 2 aromatic carbocycles. The number of hydrogen-bond acceptors (Lipinski definition) is 1. The highest BCUT2D eigenvalue weighted by Crippen LogP contribution is 2.13. The molecule has 1 N–H and O–H groups in total. The molecule has 0 aliphatic carbocycles. The van der Waals surface area contributed by atoms with Crippen molar-refractivity contribution in [2.75, 3.05) is 11.4 Å². The average Bonchev–Trinajstić information content (AvgIpc) is 2.51. The Kier molecular flexibility index (Phi) is 5.41. The molecule has 0 heterocycles. The second-order valence-corrected chi connectivity index (χ2v) is 4.85. The zero-order valence-corrected chi connectivity index (χ0v) is 12.5. The molecule has 0 aliphatic heterocycles. The molecular weight excluding hydrogens is 284 g/mol. The third-order valence-corrected chi connectivity index (χ3v) is 3.23. The number of hydrogen-bond donors (Lipinski definition) is 1. The van der Waals surface area contributed by atoms with Gasteiger partial charge in [0.2, 0.25) is 0 Å². The normalized spacial score (nSPS) is 10.6. The summed E-state index contributed by atoms with van der Waals surface area (Å²) in [5, 5.41) is 3.46. The molecule has 0 spiro atoms. The molecule has 21 heavy (non-hydrogen) atoms. The van der Waals surface area contributed by atoms with Gasteiger partial charge >= 0.3 is 6.03 Å². The molecule has 0 saturated heterocycles. The predicted molar refractivity (Wildman–Crippen MR) is 88.5 cm³/mol. The molecule has 0 atom stereocenters. The summed E-state index contributed by atoms with van der Waals surface area (Å²) < 4.78 is 0. The number of carbonyl (C=O) groups is 1. The Labute approximate surface area is 129 Å². The molecule has 108 valence electrons. The summed E-state index contributed by atoms with van der Waals surface area (Å²) in [7, 11) is 0. The van der Waals surface area contributed by atoms with Crippen molar-refractivity contribution in [3.05, 3.63) is 71.4 Å². The van der Waals surface area contributed by atoms with E-state index in [0.717, 1.165) is 11.3 Å². The highest BCUT2D eigenvalue weighted by atomic mass is 35.5. The second-order valence-electron chi connectivity index (χ2n) is 4.41. The molecule has 3 nitrogen and oxygen atoms in total. The zero-order chi connectivity index (χ0) is 15.1. The minimum Gasteiger partial charge on any atom is -0.314 e. The Morgan fingerprint density at radius 2 is 1.81 bits per heavy atom. The van der Waals surface area contributed by atoms with Crippen LogP contribution in [0, 0.1) is 0 Å². The highest BCUT2D eigenvalue weighted by molar-refractivity contribution is 6.30. The Morgan fingerprint density at radius 1 is 1.14 bits per heavy atom. The van der Waals surface area contributed by atoms with E-state index in [4.69, 9.17) is 11.6 Å². The molecule has 0 fully saturated rings. The lowest BCUT2D eigenvalue weighted by Gasteiger charge is -2.20. The van der Waals surface area contributed by atoms with Gasteiger partial charge in [0.25, 0.3) is 0 Å². The van der Waals surface area contributed by atoms with Crippen LogP contribution in [0.2, 0.25) is 5.02 Å². The fourth-order valence-corrected chi connectivity index (χ4v) is 2.04. The van der Waals surface area contributed by atoms with E-state index in [0.29, 0.717) is 11.6 Å². The first kappa shape index (κ1) is 15.1. The minimum atomic E-state index is -0.158. The number of anilines is 1. The van der Waals surface area contributed by atoms with Crippen LogP contribution in [0.1, 0.15) is 12.5 Å². The number of nitrogens with one attached hydrogen (secondary N) is 1. The van der Waals surface area contributed by atoms with Gasteiger partial charge in [0.05, 0.1) is 0 Å². The number of para-hydroxylation sites is 1. The largest absolute Gasteiger partial charge is 0.325 e. The molecule has 4 heteroatoms. The van der Waals surface area contributed by atoms with E-state index >= 15 is 0 Å². The van der Waals surface area contributed by atoms with Crippen LogP contribution >= 0.6 is 11.6 Å². The molecule has 0 bridgehead atoms. The minimum absolute atomic E-state index is 0.158. The Morgan fingerprint density at radius 3 is 2.43 bits per heavy atom. The third kappa shape index (κ3) is 4.36. The molecule has 2 amide bonds. The number of carbonyl (C=O) groups excluding carboxylic acids is 1. The molecule has 0 aliphatic rings. The van der Waals surface area contributed by atoms with Crippen LogP contribution in [0.25, 0.3) is 6.08 Å². The molecule has 0 radical (unpaired) electrons. The van der Waals surface area contributed by atoms with E-state index in [1.54, 1.807) is 11.1 Å². The van der Waals surface area contributed by atoms with Crippen LogP contribution in [0.15, 0.2) is 60.8 Å². The topological polar surface area (TPSA) is 32.3 Å². The van der Waals surface area contributed by atoms with Crippen LogP contribution in [-0.2, 0) is 0 Å². The first-order valence-electron chi connectivity index (χ1n) is 6.76. The fraction of sp³-hybridized carbons (Fsp3) is 0.118. The molecule has 0 unspecified atom stereocenters. The van der Waals surface area contributed by atoms with Gasteiger partial charge in [-0.1, -0.05) is 41.9 Å². The smallest absolute Gasteiger partial charge is 0.314 e. The third-order valence-electron chi connectivity index (χ3n) is 2.98. The quantitative estimate of drug-likeness (QED) is 0.883. The van der Waals surface area contributed by atoms with Gasteiger partial charge < -0.3 is 5.32 Å². The van der Waals surface area contributed by atoms with Crippen LogP contribution in [-0.4, -0.2) is 12.6 Å². The van der Waals surface area contributed by atoms with Crippen molar-refractivity contribution in [3.8, 4) is 0 Å². The van der Waals surface area contributed by atoms with Gasteiger partial charge in [0.1, 0.15) is 0 Å². The summed E-state index contributed by atoms with van der Waals surface area (Å²) in [5.41, 5.74) is 1.85.